The van der Waals surface area contributed by atoms with Crippen LogP contribution < -0.4 is 5.32 Å². The second kappa shape index (κ2) is 10.9. The molecule has 3 aromatic carbocycles. The summed E-state index contributed by atoms with van der Waals surface area (Å²) in [7, 11) is 0. The van der Waals surface area contributed by atoms with Crippen molar-refractivity contribution in [3.8, 4) is 6.07 Å². The lowest BCUT2D eigenvalue weighted by Crippen LogP contribution is -2.26. The summed E-state index contributed by atoms with van der Waals surface area (Å²) in [6.07, 6.45) is 2.01. The summed E-state index contributed by atoms with van der Waals surface area (Å²) in [5.41, 5.74) is 2.42. The largest absolute Gasteiger partial charge is 0.351 e. The Bertz CT molecular complexity index is 1180. The Labute approximate surface area is 190 Å². The topological polar surface area (TPSA) is 96.0 Å². The number of nitrogens with one attached hydrogen (secondary N) is 1. The molecule has 0 aliphatic rings. The van der Waals surface area contributed by atoms with Crippen molar-refractivity contribution >= 4 is 29.4 Å². The van der Waals surface area contributed by atoms with Crippen LogP contribution in [0.3, 0.4) is 0 Å². The Kier molecular flexibility index (Phi) is 7.79. The van der Waals surface area contributed by atoms with Gasteiger partial charge in [-0.05, 0) is 48.7 Å². The van der Waals surface area contributed by atoms with Crippen LogP contribution in [-0.4, -0.2) is 17.4 Å². The van der Waals surface area contributed by atoms with Crippen LogP contribution in [-0.2, 0) is 11.2 Å². The van der Waals surface area contributed by atoms with Crippen LogP contribution in [0.2, 0.25) is 0 Å². The lowest BCUT2D eigenvalue weighted by molar-refractivity contribution is -0.387. The summed E-state index contributed by atoms with van der Waals surface area (Å²) in [4.78, 5) is 24.9. The van der Waals surface area contributed by atoms with Crippen LogP contribution in [0.1, 0.15) is 16.7 Å². The minimum atomic E-state index is -0.510. The van der Waals surface area contributed by atoms with Crippen LogP contribution in [0, 0.1) is 28.4 Å². The molecular weight excluding hydrogens is 422 g/mol. The molecule has 0 aromatic heterocycles. The normalized spacial score (nSPS) is 10.9. The Morgan fingerprint density at radius 2 is 1.84 bits per heavy atom. The molecule has 0 unspecified atom stereocenters. The zero-order valence-electron chi connectivity index (χ0n) is 17.4. The van der Waals surface area contributed by atoms with Gasteiger partial charge in [-0.3, -0.25) is 14.9 Å². The number of aryl methyl sites for hydroxylation is 1. The van der Waals surface area contributed by atoms with Crippen LogP contribution in [0.15, 0.2) is 88.2 Å². The quantitative estimate of drug-likeness (QED) is 0.220. The highest BCUT2D eigenvalue weighted by Crippen LogP contribution is 2.35. The molecule has 160 valence electrons. The van der Waals surface area contributed by atoms with E-state index in [-0.39, 0.29) is 11.3 Å². The van der Waals surface area contributed by atoms with Crippen molar-refractivity contribution in [2.45, 2.75) is 23.1 Å². The maximum absolute atomic E-state index is 12.4. The predicted molar refractivity (Wildman–Crippen MR) is 125 cm³/mol. The van der Waals surface area contributed by atoms with E-state index in [0.717, 1.165) is 16.0 Å². The molecule has 32 heavy (non-hydrogen) atoms. The number of nitrogens with zero attached hydrogens (tertiary/aromatic N) is 2. The SMILES string of the molecule is Cc1ccc(Sc2ccc(/C=C(/C#N)C(=O)NCCc3ccccc3)cc2[N+](=O)[O-])cc1. The molecule has 0 saturated heterocycles. The van der Waals surface area contributed by atoms with E-state index in [1.165, 1.54) is 23.9 Å². The predicted octanol–water partition coefficient (Wildman–Crippen LogP) is 5.32. The van der Waals surface area contributed by atoms with Gasteiger partial charge in [0, 0.05) is 17.5 Å². The zero-order chi connectivity index (χ0) is 22.9. The van der Waals surface area contributed by atoms with E-state index in [0.29, 0.717) is 23.4 Å². The highest BCUT2D eigenvalue weighted by atomic mass is 32.2. The molecule has 0 aliphatic carbocycles. The van der Waals surface area contributed by atoms with Crippen molar-refractivity contribution in [1.82, 2.24) is 5.32 Å². The van der Waals surface area contributed by atoms with Gasteiger partial charge in [-0.1, -0.05) is 65.9 Å². The molecular formula is C25H21N3O3S. The molecule has 0 fully saturated rings. The zero-order valence-corrected chi connectivity index (χ0v) is 18.3. The standard InChI is InChI=1S/C25H21N3O3S/c1-18-7-10-22(11-8-18)32-24-12-9-20(16-23(24)28(30)31)15-21(17-26)25(29)27-14-13-19-5-3-2-4-6-19/h2-12,15-16H,13-14H2,1H3,(H,27,29)/b21-15-. The molecule has 0 heterocycles. The summed E-state index contributed by atoms with van der Waals surface area (Å²) >= 11 is 1.29. The molecule has 1 amide bonds. The summed E-state index contributed by atoms with van der Waals surface area (Å²) in [6.45, 7) is 2.36. The van der Waals surface area contributed by atoms with Gasteiger partial charge in [-0.25, -0.2) is 0 Å². The van der Waals surface area contributed by atoms with E-state index in [1.807, 2.05) is 67.6 Å². The number of nitriles is 1. The van der Waals surface area contributed by atoms with E-state index in [1.54, 1.807) is 12.1 Å². The molecule has 0 aliphatic heterocycles. The number of nitro benzene ring substituents is 1. The monoisotopic (exact) mass is 443 g/mol. The second-order valence-electron chi connectivity index (χ2n) is 7.06. The Hall–Kier alpha value is -3.89. The third-order valence-corrected chi connectivity index (χ3v) is 5.72. The van der Waals surface area contributed by atoms with Crippen molar-refractivity contribution in [2.75, 3.05) is 6.54 Å². The van der Waals surface area contributed by atoms with Gasteiger partial charge in [0.15, 0.2) is 0 Å². The Morgan fingerprint density at radius 3 is 2.50 bits per heavy atom. The lowest BCUT2D eigenvalue weighted by atomic mass is 10.1. The van der Waals surface area contributed by atoms with Gasteiger partial charge < -0.3 is 5.32 Å². The van der Waals surface area contributed by atoms with E-state index >= 15 is 0 Å². The smallest absolute Gasteiger partial charge is 0.283 e. The maximum Gasteiger partial charge on any atom is 0.283 e. The molecule has 0 saturated carbocycles. The first-order valence-corrected chi connectivity index (χ1v) is 10.7. The van der Waals surface area contributed by atoms with E-state index in [4.69, 9.17) is 0 Å². The van der Waals surface area contributed by atoms with Gasteiger partial charge in [-0.15, -0.1) is 0 Å². The Morgan fingerprint density at radius 1 is 1.12 bits per heavy atom. The van der Waals surface area contributed by atoms with Crippen LogP contribution in [0.4, 0.5) is 5.69 Å². The minimum absolute atomic E-state index is 0.0777. The summed E-state index contributed by atoms with van der Waals surface area (Å²) < 4.78 is 0. The fourth-order valence-electron chi connectivity index (χ4n) is 2.96. The summed E-state index contributed by atoms with van der Waals surface area (Å²) in [5, 5.41) is 23.7. The number of benzene rings is 3. The van der Waals surface area contributed by atoms with E-state index < -0.39 is 10.8 Å². The van der Waals surface area contributed by atoms with Crippen LogP contribution in [0.5, 0.6) is 0 Å². The molecule has 1 N–H and O–H groups in total. The van der Waals surface area contributed by atoms with Gasteiger partial charge in [0.2, 0.25) is 0 Å². The number of nitro groups is 1. The highest BCUT2D eigenvalue weighted by Gasteiger charge is 2.16. The number of hydrogen-bond acceptors (Lipinski definition) is 5. The fraction of sp³-hybridized carbons (Fsp3) is 0.120. The fourth-order valence-corrected chi connectivity index (χ4v) is 3.86. The molecule has 0 bridgehead atoms. The van der Waals surface area contributed by atoms with Crippen molar-refractivity contribution in [1.29, 1.82) is 5.26 Å². The summed E-state index contributed by atoms with van der Waals surface area (Å²) in [5.74, 6) is -0.510. The Balaban J connectivity index is 1.74. The van der Waals surface area contributed by atoms with E-state index in [9.17, 15) is 20.2 Å². The third-order valence-electron chi connectivity index (χ3n) is 4.65. The van der Waals surface area contributed by atoms with Crippen LogP contribution >= 0.6 is 11.8 Å². The third kappa shape index (κ3) is 6.30. The molecule has 0 spiro atoms. The molecule has 3 rings (SSSR count). The number of carbonyl (C=O) groups excluding carboxylic acids is 1. The summed E-state index contributed by atoms with van der Waals surface area (Å²) in [6, 6.07) is 24.0. The first kappa shape index (κ1) is 22.8. The lowest BCUT2D eigenvalue weighted by Gasteiger charge is -2.06. The molecule has 7 heteroatoms. The molecule has 0 atom stereocenters. The number of rotatable bonds is 8. The van der Waals surface area contributed by atoms with Gasteiger partial charge in [0.25, 0.3) is 11.6 Å². The molecule has 0 radical (unpaired) electrons. The first-order valence-electron chi connectivity index (χ1n) is 9.93. The molecule has 6 nitrogen and oxygen atoms in total. The molecule has 3 aromatic rings. The van der Waals surface area contributed by atoms with E-state index in [2.05, 4.69) is 5.32 Å². The van der Waals surface area contributed by atoms with Gasteiger partial charge in [0.05, 0.1) is 9.82 Å². The van der Waals surface area contributed by atoms with Gasteiger partial charge >= 0.3 is 0 Å². The minimum Gasteiger partial charge on any atom is -0.351 e. The van der Waals surface area contributed by atoms with Crippen molar-refractivity contribution in [3.05, 3.63) is 105 Å². The van der Waals surface area contributed by atoms with Crippen LogP contribution in [0.25, 0.3) is 6.08 Å². The number of hydrogen-bond donors (Lipinski definition) is 1. The van der Waals surface area contributed by atoms with Crippen molar-refractivity contribution < 1.29 is 9.72 Å². The highest BCUT2D eigenvalue weighted by molar-refractivity contribution is 7.99. The van der Waals surface area contributed by atoms with Crippen molar-refractivity contribution in [2.24, 2.45) is 0 Å². The number of carbonyl (C=O) groups is 1. The average Bonchev–Trinajstić information content (AvgIpc) is 2.80. The average molecular weight is 444 g/mol. The van der Waals surface area contributed by atoms with Crippen molar-refractivity contribution in [3.63, 3.8) is 0 Å². The van der Waals surface area contributed by atoms with Gasteiger partial charge in [0.1, 0.15) is 11.6 Å². The second-order valence-corrected chi connectivity index (χ2v) is 8.18. The maximum atomic E-state index is 12.4. The van der Waals surface area contributed by atoms with Gasteiger partial charge in [-0.2, -0.15) is 5.26 Å². The number of amides is 1. The first-order chi connectivity index (χ1) is 15.5.